The van der Waals surface area contributed by atoms with Gasteiger partial charge in [-0.2, -0.15) is 0 Å². The summed E-state index contributed by atoms with van der Waals surface area (Å²) in [6.07, 6.45) is 3.81. The monoisotopic (exact) mass is 283 g/mol. The Morgan fingerprint density at radius 1 is 1.26 bits per heavy atom. The van der Waals surface area contributed by atoms with E-state index in [1.807, 2.05) is 30.3 Å². The summed E-state index contributed by atoms with van der Waals surface area (Å²) in [5, 5.41) is 0. The molecule has 1 aromatic rings. The third-order valence-electron chi connectivity index (χ3n) is 3.21. The zero-order valence-electron chi connectivity index (χ0n) is 11.3. The van der Waals surface area contributed by atoms with Crippen LogP contribution in [0.15, 0.2) is 30.3 Å². The van der Waals surface area contributed by atoms with Crippen molar-refractivity contribution in [3.8, 4) is 0 Å². The zero-order valence-corrected chi connectivity index (χ0v) is 12.1. The van der Waals surface area contributed by atoms with Crippen LogP contribution in [0.1, 0.15) is 37.2 Å². The molecule has 4 heteroatoms. The summed E-state index contributed by atoms with van der Waals surface area (Å²) < 4.78 is 4.88. The van der Waals surface area contributed by atoms with E-state index in [0.29, 0.717) is 5.88 Å². The van der Waals surface area contributed by atoms with Crippen molar-refractivity contribution < 1.29 is 9.53 Å². The first-order valence-electron chi connectivity index (χ1n) is 6.65. The van der Waals surface area contributed by atoms with Crippen LogP contribution in [0.5, 0.6) is 0 Å². The number of rotatable bonds is 8. The number of hydrogen-bond acceptors (Lipinski definition) is 3. The molecule has 0 unspecified atom stereocenters. The number of alkyl halides is 1. The van der Waals surface area contributed by atoms with Gasteiger partial charge in [-0.25, -0.2) is 0 Å². The minimum atomic E-state index is -0.387. The second-order valence-corrected chi connectivity index (χ2v) is 4.99. The number of esters is 1. The summed E-state index contributed by atoms with van der Waals surface area (Å²) in [4.78, 5) is 11.9. The van der Waals surface area contributed by atoms with Crippen molar-refractivity contribution in [2.75, 3.05) is 13.0 Å². The number of ether oxygens (including phenoxy) is 1. The van der Waals surface area contributed by atoms with Crippen LogP contribution >= 0.6 is 11.6 Å². The quantitative estimate of drug-likeness (QED) is 0.453. The molecular formula is C15H22ClNO2. The van der Waals surface area contributed by atoms with Crippen molar-refractivity contribution in [1.82, 2.24) is 0 Å². The summed E-state index contributed by atoms with van der Waals surface area (Å²) in [6, 6.07) is 9.35. The Labute approximate surface area is 120 Å². The van der Waals surface area contributed by atoms with E-state index >= 15 is 0 Å². The van der Waals surface area contributed by atoms with E-state index in [2.05, 4.69) is 0 Å². The van der Waals surface area contributed by atoms with E-state index in [9.17, 15) is 4.79 Å². The lowest BCUT2D eigenvalue weighted by Gasteiger charge is -2.22. The number of unbranched alkanes of at least 4 members (excludes halogenated alkanes) is 2. The molecule has 0 aliphatic heterocycles. The normalized spacial score (nSPS) is 13.8. The summed E-state index contributed by atoms with van der Waals surface area (Å²) in [7, 11) is 1.40. The number of carbonyl (C=O) groups excluding carboxylic acids is 1. The minimum absolute atomic E-state index is 0.217. The van der Waals surface area contributed by atoms with Gasteiger partial charge in [0.05, 0.1) is 13.0 Å². The third kappa shape index (κ3) is 5.21. The predicted octanol–water partition coefficient (Wildman–Crippen LogP) is 3.07. The highest BCUT2D eigenvalue weighted by Gasteiger charge is 2.27. The van der Waals surface area contributed by atoms with Gasteiger partial charge in [0.15, 0.2) is 0 Å². The van der Waals surface area contributed by atoms with Crippen molar-refractivity contribution in [1.29, 1.82) is 0 Å². The molecule has 2 N–H and O–H groups in total. The average molecular weight is 284 g/mol. The summed E-state index contributed by atoms with van der Waals surface area (Å²) >= 11 is 5.64. The molecule has 0 aromatic heterocycles. The molecule has 0 aliphatic rings. The SMILES string of the molecule is COC(=O)[C@@H](c1ccccc1)[C@H](N)CCCCCCl. The number of halogens is 1. The highest BCUT2D eigenvalue weighted by Crippen LogP contribution is 2.23. The lowest BCUT2D eigenvalue weighted by molar-refractivity contribution is -0.143. The highest BCUT2D eigenvalue weighted by atomic mass is 35.5. The van der Waals surface area contributed by atoms with Gasteiger partial charge in [-0.15, -0.1) is 11.6 Å². The second kappa shape index (κ2) is 8.94. The molecule has 1 aromatic carbocycles. The van der Waals surface area contributed by atoms with Crippen molar-refractivity contribution in [3.05, 3.63) is 35.9 Å². The zero-order chi connectivity index (χ0) is 14.1. The fourth-order valence-corrected chi connectivity index (χ4v) is 2.35. The molecule has 0 radical (unpaired) electrons. The standard InChI is InChI=1S/C15H22ClNO2/c1-19-15(18)14(12-8-4-2-5-9-12)13(17)10-6-3-7-11-16/h2,4-5,8-9,13-14H,3,6-7,10-11,17H2,1H3/t13-,14+/m1/s1. The predicted molar refractivity (Wildman–Crippen MR) is 78.4 cm³/mol. The van der Waals surface area contributed by atoms with Gasteiger partial charge in [-0.1, -0.05) is 43.2 Å². The Balaban J connectivity index is 2.66. The maximum atomic E-state index is 11.9. The molecule has 3 nitrogen and oxygen atoms in total. The van der Waals surface area contributed by atoms with Gasteiger partial charge in [-0.05, 0) is 18.4 Å². The Morgan fingerprint density at radius 2 is 1.95 bits per heavy atom. The van der Waals surface area contributed by atoms with E-state index in [0.717, 1.165) is 31.2 Å². The van der Waals surface area contributed by atoms with Crippen LogP contribution in [0.4, 0.5) is 0 Å². The van der Waals surface area contributed by atoms with Gasteiger partial charge in [0, 0.05) is 11.9 Å². The maximum absolute atomic E-state index is 11.9. The molecule has 0 saturated heterocycles. The number of methoxy groups -OCH3 is 1. The molecule has 0 saturated carbocycles. The Bertz CT molecular complexity index is 370. The number of benzene rings is 1. The lowest BCUT2D eigenvalue weighted by Crippen LogP contribution is -2.34. The summed E-state index contributed by atoms with van der Waals surface area (Å²) in [5.74, 6) is 0.0206. The van der Waals surface area contributed by atoms with Crippen molar-refractivity contribution in [2.24, 2.45) is 5.73 Å². The van der Waals surface area contributed by atoms with Gasteiger partial charge >= 0.3 is 5.97 Å². The Kier molecular flexibility index (Phi) is 7.53. The largest absolute Gasteiger partial charge is 0.469 e. The van der Waals surface area contributed by atoms with Gasteiger partial charge < -0.3 is 10.5 Å². The van der Waals surface area contributed by atoms with E-state index in [-0.39, 0.29) is 17.9 Å². The second-order valence-electron chi connectivity index (χ2n) is 4.61. The topological polar surface area (TPSA) is 52.3 Å². The van der Waals surface area contributed by atoms with Crippen LogP contribution < -0.4 is 5.73 Å². The van der Waals surface area contributed by atoms with Crippen LogP contribution in [0.3, 0.4) is 0 Å². The molecule has 0 amide bonds. The first-order chi connectivity index (χ1) is 9.20. The third-order valence-corrected chi connectivity index (χ3v) is 3.48. The molecule has 0 fully saturated rings. The van der Waals surface area contributed by atoms with Gasteiger partial charge in [0.2, 0.25) is 0 Å². The van der Waals surface area contributed by atoms with Crippen molar-refractivity contribution in [3.63, 3.8) is 0 Å². The number of carbonyl (C=O) groups is 1. The lowest BCUT2D eigenvalue weighted by atomic mass is 9.89. The van der Waals surface area contributed by atoms with Gasteiger partial charge in [-0.3, -0.25) is 4.79 Å². The molecule has 106 valence electrons. The van der Waals surface area contributed by atoms with Crippen LogP contribution in [0, 0.1) is 0 Å². The average Bonchev–Trinajstić information content (AvgIpc) is 2.45. The molecule has 19 heavy (non-hydrogen) atoms. The number of hydrogen-bond donors (Lipinski definition) is 1. The minimum Gasteiger partial charge on any atom is -0.469 e. The van der Waals surface area contributed by atoms with Crippen LogP contribution in [0.2, 0.25) is 0 Å². The van der Waals surface area contributed by atoms with E-state index < -0.39 is 0 Å². The fraction of sp³-hybridized carbons (Fsp3) is 0.533. The highest BCUT2D eigenvalue weighted by molar-refractivity contribution is 6.17. The smallest absolute Gasteiger partial charge is 0.314 e. The van der Waals surface area contributed by atoms with E-state index in [4.69, 9.17) is 22.1 Å². The molecule has 0 aliphatic carbocycles. The summed E-state index contributed by atoms with van der Waals surface area (Å²) in [6.45, 7) is 0. The first-order valence-corrected chi connectivity index (χ1v) is 7.18. The molecule has 1 rings (SSSR count). The summed E-state index contributed by atoms with van der Waals surface area (Å²) in [5.41, 5.74) is 7.09. The van der Waals surface area contributed by atoms with Gasteiger partial charge in [0.1, 0.15) is 0 Å². The maximum Gasteiger partial charge on any atom is 0.314 e. The van der Waals surface area contributed by atoms with Crippen molar-refractivity contribution >= 4 is 17.6 Å². The Hall–Kier alpha value is -1.06. The molecular weight excluding hydrogens is 262 g/mol. The molecule has 2 atom stereocenters. The Morgan fingerprint density at radius 3 is 2.53 bits per heavy atom. The fourth-order valence-electron chi connectivity index (χ4n) is 2.16. The van der Waals surface area contributed by atoms with Crippen LogP contribution in [-0.4, -0.2) is 25.0 Å². The van der Waals surface area contributed by atoms with Crippen LogP contribution in [0.25, 0.3) is 0 Å². The molecule has 0 bridgehead atoms. The van der Waals surface area contributed by atoms with Crippen molar-refractivity contribution in [2.45, 2.75) is 37.6 Å². The first kappa shape index (κ1) is 16.0. The van der Waals surface area contributed by atoms with E-state index in [1.165, 1.54) is 7.11 Å². The molecule has 0 heterocycles. The number of nitrogens with two attached hydrogens (primary N) is 1. The van der Waals surface area contributed by atoms with E-state index in [1.54, 1.807) is 0 Å². The van der Waals surface area contributed by atoms with Crippen LogP contribution in [-0.2, 0) is 9.53 Å². The molecule has 0 spiro atoms. The van der Waals surface area contributed by atoms with Gasteiger partial charge in [0.25, 0.3) is 0 Å².